The zero-order valence-corrected chi connectivity index (χ0v) is 43.6. The first-order chi connectivity index (χ1) is 33.5. The highest BCUT2D eigenvalue weighted by atomic mass is 16.6. The number of esters is 3. The van der Waals surface area contributed by atoms with Gasteiger partial charge < -0.3 is 14.2 Å². The van der Waals surface area contributed by atoms with Crippen LogP contribution in [-0.4, -0.2) is 37.2 Å². The normalized spacial score (nSPS) is 13.2. The average molecular weight is 939 g/mol. The highest BCUT2D eigenvalue weighted by Gasteiger charge is 2.19. The van der Waals surface area contributed by atoms with E-state index in [-0.39, 0.29) is 37.5 Å². The Morgan fingerprint density at radius 3 is 0.926 bits per heavy atom. The Morgan fingerprint density at radius 2 is 0.574 bits per heavy atom. The highest BCUT2D eigenvalue weighted by molar-refractivity contribution is 5.71. The van der Waals surface area contributed by atoms with Gasteiger partial charge in [-0.3, -0.25) is 14.4 Å². The van der Waals surface area contributed by atoms with Gasteiger partial charge in [-0.2, -0.15) is 0 Å². The molecule has 0 amide bonds. The summed E-state index contributed by atoms with van der Waals surface area (Å²) in [7, 11) is 0. The molecule has 382 valence electrons. The van der Waals surface area contributed by atoms with E-state index in [1.165, 1.54) is 77.0 Å². The van der Waals surface area contributed by atoms with Crippen LogP contribution in [0.25, 0.3) is 0 Å². The molecule has 0 aliphatic rings. The standard InChI is InChI=1S/C62H98O6/c1-4-7-10-13-16-19-22-25-28-30-32-34-37-40-43-46-49-52-55-61(64)67-58-59(57-66-60(63)54-51-48-45-42-39-36-33-27-24-21-18-15-12-9-6-3)68-62(65)56-53-50-47-44-41-38-35-31-29-26-23-20-17-14-11-8-5-2/h8-9,11-12,14-15,17-18,20-21,23-24,26,28-32,34-35,38,41,59H,4-7,10,13,16,19,22,25,27,33,36-37,39-40,42-58H2,1-3H3/b11-8-,12-9-,17-14-,18-15-,23-20-,24-21-,29-26-,30-28-,34-32-,35-31+,41-38-. The Bertz CT molecular complexity index is 1500. The first-order valence-electron chi connectivity index (χ1n) is 27.3. The Balaban J connectivity index is 4.55. The lowest BCUT2D eigenvalue weighted by Gasteiger charge is -2.18. The summed E-state index contributed by atoms with van der Waals surface area (Å²) in [5.41, 5.74) is 0. The van der Waals surface area contributed by atoms with E-state index < -0.39 is 6.10 Å². The van der Waals surface area contributed by atoms with Crippen LogP contribution in [0.5, 0.6) is 0 Å². The van der Waals surface area contributed by atoms with Gasteiger partial charge in [0.2, 0.25) is 0 Å². The van der Waals surface area contributed by atoms with Gasteiger partial charge in [-0.25, -0.2) is 0 Å². The Labute approximate surface area is 417 Å². The molecule has 1 atom stereocenters. The fraction of sp³-hybridized carbons (Fsp3) is 0.597. The second-order valence-corrected chi connectivity index (χ2v) is 17.6. The molecule has 0 radical (unpaired) electrons. The Hall–Kier alpha value is -4.45. The topological polar surface area (TPSA) is 78.9 Å². The third-order valence-corrected chi connectivity index (χ3v) is 11.1. The summed E-state index contributed by atoms with van der Waals surface area (Å²) < 4.78 is 16.8. The quantitative estimate of drug-likeness (QED) is 0.0262. The van der Waals surface area contributed by atoms with Crippen molar-refractivity contribution >= 4 is 17.9 Å². The number of carbonyl (C=O) groups is 3. The second-order valence-electron chi connectivity index (χ2n) is 17.6. The van der Waals surface area contributed by atoms with Crippen LogP contribution in [0.4, 0.5) is 0 Å². The average Bonchev–Trinajstić information content (AvgIpc) is 3.34. The van der Waals surface area contributed by atoms with Gasteiger partial charge in [0.1, 0.15) is 13.2 Å². The number of ether oxygens (including phenoxy) is 3. The summed E-state index contributed by atoms with van der Waals surface area (Å²) in [5, 5.41) is 0. The van der Waals surface area contributed by atoms with Gasteiger partial charge in [0, 0.05) is 19.3 Å². The van der Waals surface area contributed by atoms with Crippen molar-refractivity contribution in [1.82, 2.24) is 0 Å². The molecule has 1 unspecified atom stereocenters. The fourth-order valence-corrected chi connectivity index (χ4v) is 7.05. The van der Waals surface area contributed by atoms with Gasteiger partial charge in [-0.05, 0) is 83.5 Å². The Kier molecular flexibility index (Phi) is 51.5. The maximum atomic E-state index is 12.8. The highest BCUT2D eigenvalue weighted by Crippen LogP contribution is 2.13. The smallest absolute Gasteiger partial charge is 0.306 e. The van der Waals surface area contributed by atoms with Crippen molar-refractivity contribution in [3.05, 3.63) is 134 Å². The molecular formula is C62H98O6. The molecule has 6 heteroatoms. The zero-order valence-electron chi connectivity index (χ0n) is 43.6. The molecule has 6 nitrogen and oxygen atoms in total. The minimum absolute atomic E-state index is 0.113. The van der Waals surface area contributed by atoms with Crippen molar-refractivity contribution in [3.8, 4) is 0 Å². The van der Waals surface area contributed by atoms with Gasteiger partial charge >= 0.3 is 17.9 Å². The van der Waals surface area contributed by atoms with Crippen molar-refractivity contribution in [1.29, 1.82) is 0 Å². The molecule has 0 aromatic carbocycles. The van der Waals surface area contributed by atoms with Crippen LogP contribution in [0.15, 0.2) is 134 Å². The van der Waals surface area contributed by atoms with Gasteiger partial charge in [-0.15, -0.1) is 0 Å². The van der Waals surface area contributed by atoms with E-state index in [9.17, 15) is 14.4 Å². The summed E-state index contributed by atoms with van der Waals surface area (Å²) in [5.74, 6) is -0.989. The number of hydrogen-bond donors (Lipinski definition) is 0. The van der Waals surface area contributed by atoms with E-state index in [0.29, 0.717) is 19.3 Å². The molecule has 0 heterocycles. The molecule has 0 saturated carbocycles. The van der Waals surface area contributed by atoms with E-state index in [2.05, 4.69) is 93.7 Å². The van der Waals surface area contributed by atoms with Crippen molar-refractivity contribution in [2.75, 3.05) is 13.2 Å². The number of unbranched alkanes of at least 4 members (excludes halogenated alkanes) is 22. The summed E-state index contributed by atoms with van der Waals surface area (Å²) >= 11 is 0. The number of allylic oxidation sites excluding steroid dienone is 22. The van der Waals surface area contributed by atoms with Gasteiger partial charge in [0.25, 0.3) is 0 Å². The molecule has 0 fully saturated rings. The lowest BCUT2D eigenvalue weighted by molar-refractivity contribution is -0.167. The van der Waals surface area contributed by atoms with Crippen molar-refractivity contribution in [2.45, 2.75) is 226 Å². The van der Waals surface area contributed by atoms with E-state index in [0.717, 1.165) is 96.3 Å². The van der Waals surface area contributed by atoms with Gasteiger partial charge in [0.15, 0.2) is 6.10 Å². The molecule has 0 aliphatic heterocycles. The van der Waals surface area contributed by atoms with E-state index in [1.54, 1.807) is 0 Å². The predicted molar refractivity (Wildman–Crippen MR) is 292 cm³/mol. The Morgan fingerprint density at radius 1 is 0.309 bits per heavy atom. The van der Waals surface area contributed by atoms with E-state index in [1.807, 2.05) is 60.8 Å². The molecule has 0 aromatic heterocycles. The van der Waals surface area contributed by atoms with Crippen molar-refractivity contribution in [2.24, 2.45) is 0 Å². The molecule has 0 spiro atoms. The number of rotatable bonds is 47. The van der Waals surface area contributed by atoms with Gasteiger partial charge in [0.05, 0.1) is 0 Å². The maximum absolute atomic E-state index is 12.8. The van der Waals surface area contributed by atoms with Crippen LogP contribution in [0.2, 0.25) is 0 Å². The minimum Gasteiger partial charge on any atom is -0.462 e. The van der Waals surface area contributed by atoms with Crippen molar-refractivity contribution in [3.63, 3.8) is 0 Å². The van der Waals surface area contributed by atoms with E-state index in [4.69, 9.17) is 14.2 Å². The third-order valence-electron chi connectivity index (χ3n) is 11.1. The van der Waals surface area contributed by atoms with Crippen LogP contribution in [0.3, 0.4) is 0 Å². The number of carbonyl (C=O) groups excluding carboxylic acids is 3. The summed E-state index contributed by atoms with van der Waals surface area (Å²) in [6.45, 7) is 6.29. The lowest BCUT2D eigenvalue weighted by atomic mass is 10.1. The summed E-state index contributed by atoms with van der Waals surface area (Å²) in [6, 6.07) is 0. The number of hydrogen-bond acceptors (Lipinski definition) is 6. The largest absolute Gasteiger partial charge is 0.462 e. The monoisotopic (exact) mass is 939 g/mol. The molecule has 0 aliphatic carbocycles. The fourth-order valence-electron chi connectivity index (χ4n) is 7.05. The van der Waals surface area contributed by atoms with E-state index >= 15 is 0 Å². The van der Waals surface area contributed by atoms with Gasteiger partial charge in [-0.1, -0.05) is 251 Å². The molecule has 68 heavy (non-hydrogen) atoms. The maximum Gasteiger partial charge on any atom is 0.306 e. The van der Waals surface area contributed by atoms with Crippen LogP contribution in [-0.2, 0) is 28.6 Å². The molecular weight excluding hydrogens is 841 g/mol. The van der Waals surface area contributed by atoms with Crippen LogP contribution in [0.1, 0.15) is 220 Å². The third kappa shape index (κ3) is 52.5. The molecule has 0 bridgehead atoms. The molecule has 0 N–H and O–H groups in total. The predicted octanol–water partition coefficient (Wildman–Crippen LogP) is 18.3. The summed E-state index contributed by atoms with van der Waals surface area (Å²) in [6.07, 6.45) is 77.2. The minimum atomic E-state index is -0.818. The second kappa shape index (κ2) is 55.1. The lowest BCUT2D eigenvalue weighted by Crippen LogP contribution is -2.30. The first-order valence-corrected chi connectivity index (χ1v) is 27.3. The van der Waals surface area contributed by atoms with Crippen LogP contribution < -0.4 is 0 Å². The molecule has 0 rings (SSSR count). The SMILES string of the molecule is CC\C=C/C=C\C=C/C=C\C=C\C=C/CCCCCC(=O)OC(COC(=O)CCCCCCC/C=C\C=C/CCCCCCCCC)COC(=O)CCCCCCCCC\C=C/C=C\C=C/CC. The van der Waals surface area contributed by atoms with Crippen molar-refractivity contribution < 1.29 is 28.6 Å². The van der Waals surface area contributed by atoms with Crippen LogP contribution >= 0.6 is 0 Å². The van der Waals surface area contributed by atoms with Crippen LogP contribution in [0, 0.1) is 0 Å². The zero-order chi connectivity index (χ0) is 49.3. The first kappa shape index (κ1) is 63.5. The molecule has 0 saturated heterocycles. The molecule has 0 aromatic rings. The summed E-state index contributed by atoms with van der Waals surface area (Å²) in [4.78, 5) is 38.1.